The van der Waals surface area contributed by atoms with Crippen molar-refractivity contribution in [3.05, 3.63) is 27.7 Å². The third-order valence-corrected chi connectivity index (χ3v) is 4.83. The van der Waals surface area contributed by atoms with Crippen LogP contribution in [0.3, 0.4) is 0 Å². The van der Waals surface area contributed by atoms with Crippen LogP contribution in [0.2, 0.25) is 0 Å². The van der Waals surface area contributed by atoms with E-state index in [4.69, 9.17) is 9.47 Å². The topological polar surface area (TPSA) is 30.5 Å². The van der Waals surface area contributed by atoms with Crippen LogP contribution in [0, 0.1) is 13.8 Å². The summed E-state index contributed by atoms with van der Waals surface area (Å²) >= 11 is 3.58. The Hall–Kier alpha value is -0.580. The molecule has 0 bridgehead atoms. The van der Waals surface area contributed by atoms with Crippen LogP contribution < -0.4 is 10.1 Å². The Morgan fingerprint density at radius 2 is 2.10 bits per heavy atom. The second kappa shape index (κ2) is 7.43. The van der Waals surface area contributed by atoms with E-state index in [-0.39, 0.29) is 6.10 Å². The van der Waals surface area contributed by atoms with Crippen LogP contribution in [0.5, 0.6) is 5.75 Å². The molecule has 1 aromatic carbocycles. The van der Waals surface area contributed by atoms with Gasteiger partial charge >= 0.3 is 0 Å². The molecule has 0 amide bonds. The number of rotatable bonds is 6. The first-order chi connectivity index (χ1) is 9.56. The van der Waals surface area contributed by atoms with Gasteiger partial charge in [-0.05, 0) is 56.9 Å². The molecule has 1 aromatic rings. The third kappa shape index (κ3) is 4.47. The van der Waals surface area contributed by atoms with Crippen molar-refractivity contribution in [3.8, 4) is 5.75 Å². The minimum atomic E-state index is 0.149. The van der Waals surface area contributed by atoms with Gasteiger partial charge in [0.25, 0.3) is 0 Å². The maximum Gasteiger partial charge on any atom is 0.120 e. The van der Waals surface area contributed by atoms with Crippen molar-refractivity contribution < 1.29 is 9.47 Å². The normalized spacial score (nSPS) is 20.1. The smallest absolute Gasteiger partial charge is 0.120 e. The van der Waals surface area contributed by atoms with Crippen molar-refractivity contribution in [3.63, 3.8) is 0 Å². The summed E-state index contributed by atoms with van der Waals surface area (Å²) in [5, 5.41) is 3.43. The van der Waals surface area contributed by atoms with Crippen LogP contribution >= 0.6 is 15.9 Å². The molecule has 2 rings (SSSR count). The van der Waals surface area contributed by atoms with Gasteiger partial charge in [0.05, 0.1) is 6.10 Å². The molecule has 0 saturated carbocycles. The highest BCUT2D eigenvalue weighted by atomic mass is 79.9. The summed E-state index contributed by atoms with van der Waals surface area (Å²) in [6.45, 7) is 8.94. The molecule has 0 radical (unpaired) electrons. The molecule has 0 spiro atoms. The zero-order valence-corrected chi connectivity index (χ0v) is 14.1. The number of benzene rings is 1. The zero-order chi connectivity index (χ0) is 14.5. The van der Waals surface area contributed by atoms with E-state index in [2.05, 4.69) is 54.2 Å². The van der Waals surface area contributed by atoms with E-state index in [0.29, 0.717) is 6.10 Å². The second-order valence-corrected chi connectivity index (χ2v) is 6.39. The van der Waals surface area contributed by atoms with Gasteiger partial charge in [0.15, 0.2) is 0 Å². The van der Waals surface area contributed by atoms with Crippen LogP contribution in [-0.2, 0) is 4.74 Å². The molecule has 0 aromatic heterocycles. The van der Waals surface area contributed by atoms with Crippen molar-refractivity contribution in [2.24, 2.45) is 0 Å². The van der Waals surface area contributed by atoms with Crippen molar-refractivity contribution in [2.45, 2.75) is 45.8 Å². The maximum atomic E-state index is 5.97. The first-order valence-corrected chi connectivity index (χ1v) is 8.11. The molecule has 1 aliphatic heterocycles. The molecule has 4 heteroatoms. The Balaban J connectivity index is 1.77. The van der Waals surface area contributed by atoms with Gasteiger partial charge in [0.2, 0.25) is 0 Å². The third-order valence-electron chi connectivity index (χ3n) is 3.58. The van der Waals surface area contributed by atoms with Crippen LogP contribution in [-0.4, -0.2) is 31.9 Å². The molecule has 0 aliphatic carbocycles. The highest BCUT2D eigenvalue weighted by molar-refractivity contribution is 9.10. The number of hydrogen-bond acceptors (Lipinski definition) is 3. The summed E-state index contributed by atoms with van der Waals surface area (Å²) in [5.41, 5.74) is 2.42. The lowest BCUT2D eigenvalue weighted by Crippen LogP contribution is -2.34. The molecule has 1 saturated heterocycles. The van der Waals surface area contributed by atoms with E-state index in [9.17, 15) is 0 Å². The molecule has 2 unspecified atom stereocenters. The number of hydrogen-bond donors (Lipinski definition) is 1. The Morgan fingerprint density at radius 1 is 1.40 bits per heavy atom. The lowest BCUT2D eigenvalue weighted by Gasteiger charge is -2.18. The minimum Gasteiger partial charge on any atom is -0.489 e. The summed E-state index contributed by atoms with van der Waals surface area (Å²) in [7, 11) is 0. The van der Waals surface area contributed by atoms with Crippen molar-refractivity contribution in [1.29, 1.82) is 0 Å². The average molecular weight is 342 g/mol. The predicted octanol–water partition coefficient (Wildman–Crippen LogP) is 3.60. The lowest BCUT2D eigenvalue weighted by atomic mass is 10.1. The van der Waals surface area contributed by atoms with Gasteiger partial charge in [-0.2, -0.15) is 0 Å². The Morgan fingerprint density at radius 3 is 2.70 bits per heavy atom. The Labute approximate surface area is 130 Å². The first kappa shape index (κ1) is 15.8. The van der Waals surface area contributed by atoms with Gasteiger partial charge in [-0.3, -0.25) is 0 Å². The van der Waals surface area contributed by atoms with Gasteiger partial charge in [0, 0.05) is 24.2 Å². The molecule has 2 atom stereocenters. The second-order valence-electron chi connectivity index (χ2n) is 5.59. The van der Waals surface area contributed by atoms with Gasteiger partial charge in [0.1, 0.15) is 11.9 Å². The van der Waals surface area contributed by atoms with E-state index in [1.54, 1.807) is 0 Å². The number of nitrogens with one attached hydrogen (secondary N) is 1. The fourth-order valence-electron chi connectivity index (χ4n) is 2.50. The summed E-state index contributed by atoms with van der Waals surface area (Å²) in [4.78, 5) is 0. The summed E-state index contributed by atoms with van der Waals surface area (Å²) in [6, 6.07) is 4.15. The Kier molecular flexibility index (Phi) is 5.87. The van der Waals surface area contributed by atoms with Crippen LogP contribution in [0.25, 0.3) is 0 Å². The first-order valence-electron chi connectivity index (χ1n) is 7.32. The molecule has 1 aliphatic rings. The standard InChI is InChI=1S/C16H24BrNO2/c1-11-7-15(8-12(2)16(11)17)20-13(3)9-18-10-14-5-4-6-19-14/h7-8,13-14,18H,4-6,9-10H2,1-3H3. The van der Waals surface area contributed by atoms with E-state index in [1.165, 1.54) is 24.0 Å². The fourth-order valence-corrected chi connectivity index (χ4v) is 2.73. The highest BCUT2D eigenvalue weighted by Crippen LogP contribution is 2.26. The van der Waals surface area contributed by atoms with Crippen LogP contribution in [0.1, 0.15) is 30.9 Å². The quantitative estimate of drug-likeness (QED) is 0.857. The molecule has 3 nitrogen and oxygen atoms in total. The summed E-state index contributed by atoms with van der Waals surface area (Å²) < 4.78 is 12.7. The average Bonchev–Trinajstić information content (AvgIpc) is 2.89. The SMILES string of the molecule is Cc1cc(OC(C)CNCC2CCCO2)cc(C)c1Br. The lowest BCUT2D eigenvalue weighted by molar-refractivity contribution is 0.106. The summed E-state index contributed by atoms with van der Waals surface area (Å²) in [6.07, 6.45) is 2.90. The van der Waals surface area contributed by atoms with E-state index in [1.807, 2.05) is 0 Å². The summed E-state index contributed by atoms with van der Waals surface area (Å²) in [5.74, 6) is 0.939. The number of halogens is 1. The molecule has 112 valence electrons. The molecule has 20 heavy (non-hydrogen) atoms. The van der Waals surface area contributed by atoms with Crippen LogP contribution in [0.15, 0.2) is 16.6 Å². The molecule has 1 heterocycles. The van der Waals surface area contributed by atoms with Gasteiger partial charge in [-0.15, -0.1) is 0 Å². The van der Waals surface area contributed by atoms with Crippen LogP contribution in [0.4, 0.5) is 0 Å². The number of ether oxygens (including phenoxy) is 2. The predicted molar refractivity (Wildman–Crippen MR) is 85.5 cm³/mol. The molecule has 1 fully saturated rings. The molecular formula is C16H24BrNO2. The van der Waals surface area contributed by atoms with Crippen molar-refractivity contribution in [2.75, 3.05) is 19.7 Å². The van der Waals surface area contributed by atoms with E-state index >= 15 is 0 Å². The van der Waals surface area contributed by atoms with Crippen molar-refractivity contribution in [1.82, 2.24) is 5.32 Å². The van der Waals surface area contributed by atoms with Gasteiger partial charge in [-0.1, -0.05) is 15.9 Å². The molecule has 1 N–H and O–H groups in total. The largest absolute Gasteiger partial charge is 0.489 e. The number of aryl methyl sites for hydroxylation is 2. The zero-order valence-electron chi connectivity index (χ0n) is 12.5. The minimum absolute atomic E-state index is 0.149. The highest BCUT2D eigenvalue weighted by Gasteiger charge is 2.15. The van der Waals surface area contributed by atoms with Crippen molar-refractivity contribution >= 4 is 15.9 Å². The monoisotopic (exact) mass is 341 g/mol. The van der Waals surface area contributed by atoms with Gasteiger partial charge < -0.3 is 14.8 Å². The maximum absolute atomic E-state index is 5.97. The Bertz CT molecular complexity index is 421. The van der Waals surface area contributed by atoms with E-state index in [0.717, 1.165) is 29.9 Å². The van der Waals surface area contributed by atoms with Gasteiger partial charge in [-0.25, -0.2) is 0 Å². The molecular weight excluding hydrogens is 318 g/mol. The fraction of sp³-hybridized carbons (Fsp3) is 0.625. The van der Waals surface area contributed by atoms with E-state index < -0.39 is 0 Å².